The van der Waals surface area contributed by atoms with E-state index in [2.05, 4.69) is 0 Å². The minimum atomic E-state index is -0.0154. The number of hydrogen-bond donors (Lipinski definition) is 1. The number of nitrogens with one attached hydrogen (secondary N) is 1. The Kier molecular flexibility index (Phi) is 4.89. The Morgan fingerprint density at radius 2 is 1.72 bits per heavy atom. The molecule has 5 rings (SSSR count). The molecular weight excluding hydrogens is 372 g/mol. The number of quaternary nitrogens is 1. The first kappa shape index (κ1) is 18.1. The molecule has 29 heavy (non-hydrogen) atoms. The van der Waals surface area contributed by atoms with Crippen LogP contribution in [0, 0.1) is 0 Å². The molecule has 2 aromatic carbocycles. The summed E-state index contributed by atoms with van der Waals surface area (Å²) in [6.07, 6.45) is 2.53. The van der Waals surface area contributed by atoms with Gasteiger partial charge in [0.15, 0.2) is 23.0 Å². The standard InChI is InChI=1S/C22H24N2O5/c25-22(16-6-7-18-20(12-16)28-14-26-18)24(11-10-23-8-1-2-9-23)13-17-4-3-5-19-21(17)29-15-27-19/h3-7,12H,1-2,8-11,13-15H2/p+1. The summed E-state index contributed by atoms with van der Waals surface area (Å²) < 4.78 is 22.0. The van der Waals surface area contributed by atoms with E-state index in [0.29, 0.717) is 30.2 Å². The van der Waals surface area contributed by atoms with Gasteiger partial charge in [-0.3, -0.25) is 4.79 Å². The van der Waals surface area contributed by atoms with Crippen molar-refractivity contribution >= 4 is 5.91 Å². The second-order valence-corrected chi connectivity index (χ2v) is 7.65. The molecule has 0 saturated carbocycles. The molecule has 0 aliphatic carbocycles. The molecule has 0 bridgehead atoms. The molecule has 2 aromatic rings. The third kappa shape index (κ3) is 3.70. The number of nitrogens with zero attached hydrogens (tertiary/aromatic N) is 1. The number of amides is 1. The van der Waals surface area contributed by atoms with Crippen molar-refractivity contribution in [2.24, 2.45) is 0 Å². The van der Waals surface area contributed by atoms with E-state index in [0.717, 1.165) is 23.6 Å². The molecule has 3 aliphatic heterocycles. The van der Waals surface area contributed by atoms with Gasteiger partial charge in [0, 0.05) is 24.0 Å². The largest absolute Gasteiger partial charge is 0.454 e. The van der Waals surface area contributed by atoms with E-state index in [-0.39, 0.29) is 19.5 Å². The summed E-state index contributed by atoms with van der Waals surface area (Å²) >= 11 is 0. The number of likely N-dealkylation sites (tertiary alicyclic amines) is 1. The van der Waals surface area contributed by atoms with Crippen LogP contribution in [0.25, 0.3) is 0 Å². The Hall–Kier alpha value is -2.93. The Bertz CT molecular complexity index is 910. The van der Waals surface area contributed by atoms with Crippen molar-refractivity contribution < 1.29 is 28.6 Å². The number of para-hydroxylation sites is 1. The van der Waals surface area contributed by atoms with Gasteiger partial charge in [-0.05, 0) is 24.3 Å². The maximum Gasteiger partial charge on any atom is 0.254 e. The third-order valence-electron chi connectivity index (χ3n) is 5.79. The van der Waals surface area contributed by atoms with Crippen LogP contribution in [0.15, 0.2) is 36.4 Å². The second kappa shape index (κ2) is 7.83. The lowest BCUT2D eigenvalue weighted by molar-refractivity contribution is -0.886. The highest BCUT2D eigenvalue weighted by Gasteiger charge is 2.25. The summed E-state index contributed by atoms with van der Waals surface area (Å²) in [5, 5.41) is 0. The van der Waals surface area contributed by atoms with E-state index >= 15 is 0 Å². The van der Waals surface area contributed by atoms with Gasteiger partial charge in [0.25, 0.3) is 5.91 Å². The minimum Gasteiger partial charge on any atom is -0.454 e. The molecule has 7 heteroatoms. The molecular formula is C22H25N2O5+. The van der Waals surface area contributed by atoms with Crippen LogP contribution in [0.2, 0.25) is 0 Å². The fourth-order valence-corrected chi connectivity index (χ4v) is 4.20. The molecule has 3 heterocycles. The summed E-state index contributed by atoms with van der Waals surface area (Å²) in [5.74, 6) is 2.77. The van der Waals surface area contributed by atoms with Crippen LogP contribution < -0.4 is 23.8 Å². The van der Waals surface area contributed by atoms with Gasteiger partial charge in [-0.1, -0.05) is 12.1 Å². The molecule has 0 radical (unpaired) electrons. The summed E-state index contributed by atoms with van der Waals surface area (Å²) in [6, 6.07) is 11.2. The maximum absolute atomic E-state index is 13.4. The minimum absolute atomic E-state index is 0.0154. The smallest absolute Gasteiger partial charge is 0.254 e. The number of ether oxygens (including phenoxy) is 4. The van der Waals surface area contributed by atoms with Crippen LogP contribution in [-0.2, 0) is 6.54 Å². The van der Waals surface area contributed by atoms with E-state index in [1.165, 1.54) is 25.9 Å². The van der Waals surface area contributed by atoms with Gasteiger partial charge in [-0.25, -0.2) is 0 Å². The second-order valence-electron chi connectivity index (χ2n) is 7.65. The van der Waals surface area contributed by atoms with E-state index in [4.69, 9.17) is 18.9 Å². The zero-order valence-corrected chi connectivity index (χ0v) is 16.3. The fourth-order valence-electron chi connectivity index (χ4n) is 4.20. The van der Waals surface area contributed by atoms with Crippen molar-refractivity contribution in [2.45, 2.75) is 19.4 Å². The van der Waals surface area contributed by atoms with E-state index in [1.807, 2.05) is 23.1 Å². The van der Waals surface area contributed by atoms with Gasteiger partial charge < -0.3 is 28.7 Å². The van der Waals surface area contributed by atoms with Crippen LogP contribution in [0.1, 0.15) is 28.8 Å². The SMILES string of the molecule is O=C(c1ccc2c(c1)OCO2)N(CC[NH+]1CCCC1)Cc1cccc2c1OCO2. The molecule has 0 atom stereocenters. The number of hydrogen-bond acceptors (Lipinski definition) is 5. The Morgan fingerprint density at radius 1 is 0.931 bits per heavy atom. The van der Waals surface area contributed by atoms with Crippen LogP contribution >= 0.6 is 0 Å². The molecule has 1 saturated heterocycles. The number of fused-ring (bicyclic) bond motifs is 2. The van der Waals surface area contributed by atoms with Gasteiger partial charge in [-0.2, -0.15) is 0 Å². The predicted molar refractivity (Wildman–Crippen MR) is 105 cm³/mol. The first-order valence-corrected chi connectivity index (χ1v) is 10.2. The highest BCUT2D eigenvalue weighted by molar-refractivity contribution is 5.95. The van der Waals surface area contributed by atoms with E-state index in [1.54, 1.807) is 23.1 Å². The van der Waals surface area contributed by atoms with Gasteiger partial charge in [0.2, 0.25) is 13.6 Å². The highest BCUT2D eigenvalue weighted by atomic mass is 16.7. The zero-order chi connectivity index (χ0) is 19.6. The predicted octanol–water partition coefficient (Wildman–Crippen LogP) is 1.47. The molecule has 0 aromatic heterocycles. The molecule has 1 N–H and O–H groups in total. The van der Waals surface area contributed by atoms with Crippen LogP contribution in [-0.4, -0.2) is 50.6 Å². The Labute approximate surface area is 169 Å². The fraction of sp³-hybridized carbons (Fsp3) is 0.409. The van der Waals surface area contributed by atoms with Crippen molar-refractivity contribution in [3.63, 3.8) is 0 Å². The summed E-state index contributed by atoms with van der Waals surface area (Å²) in [5.41, 5.74) is 1.57. The van der Waals surface area contributed by atoms with Crippen molar-refractivity contribution in [1.82, 2.24) is 4.90 Å². The molecule has 1 fully saturated rings. The average Bonchev–Trinajstić information content (AvgIpc) is 3.51. The Morgan fingerprint density at radius 3 is 2.62 bits per heavy atom. The monoisotopic (exact) mass is 397 g/mol. The van der Waals surface area contributed by atoms with Crippen molar-refractivity contribution in [3.8, 4) is 23.0 Å². The molecule has 0 unspecified atom stereocenters. The zero-order valence-electron chi connectivity index (χ0n) is 16.3. The number of carbonyl (C=O) groups excluding carboxylic acids is 1. The number of carbonyl (C=O) groups is 1. The van der Waals surface area contributed by atoms with Gasteiger partial charge >= 0.3 is 0 Å². The lowest BCUT2D eigenvalue weighted by Gasteiger charge is -2.25. The van der Waals surface area contributed by atoms with Gasteiger partial charge in [0.05, 0.1) is 32.7 Å². The molecule has 7 nitrogen and oxygen atoms in total. The highest BCUT2D eigenvalue weighted by Crippen LogP contribution is 2.36. The average molecular weight is 397 g/mol. The van der Waals surface area contributed by atoms with Gasteiger partial charge in [0.1, 0.15) is 0 Å². The molecule has 3 aliphatic rings. The molecule has 0 spiro atoms. The topological polar surface area (TPSA) is 61.7 Å². The number of benzene rings is 2. The van der Waals surface area contributed by atoms with E-state index in [9.17, 15) is 4.79 Å². The Balaban J connectivity index is 1.38. The quantitative estimate of drug-likeness (QED) is 0.800. The molecule has 152 valence electrons. The first-order valence-electron chi connectivity index (χ1n) is 10.2. The van der Waals surface area contributed by atoms with Crippen molar-refractivity contribution in [1.29, 1.82) is 0 Å². The van der Waals surface area contributed by atoms with Crippen molar-refractivity contribution in [3.05, 3.63) is 47.5 Å². The lowest BCUT2D eigenvalue weighted by atomic mass is 10.1. The van der Waals surface area contributed by atoms with Crippen LogP contribution in [0.3, 0.4) is 0 Å². The molecule has 1 amide bonds. The van der Waals surface area contributed by atoms with Crippen LogP contribution in [0.4, 0.5) is 0 Å². The van der Waals surface area contributed by atoms with Gasteiger partial charge in [-0.15, -0.1) is 0 Å². The van der Waals surface area contributed by atoms with Crippen LogP contribution in [0.5, 0.6) is 23.0 Å². The third-order valence-corrected chi connectivity index (χ3v) is 5.79. The maximum atomic E-state index is 13.4. The van der Waals surface area contributed by atoms with Crippen molar-refractivity contribution in [2.75, 3.05) is 39.8 Å². The lowest BCUT2D eigenvalue weighted by Crippen LogP contribution is -3.10. The summed E-state index contributed by atoms with van der Waals surface area (Å²) in [6.45, 7) is 4.90. The summed E-state index contributed by atoms with van der Waals surface area (Å²) in [7, 11) is 0. The number of rotatable bonds is 6. The first-order chi connectivity index (χ1) is 14.3. The normalized spacial score (nSPS) is 17.0. The summed E-state index contributed by atoms with van der Waals surface area (Å²) in [4.78, 5) is 16.9. The van der Waals surface area contributed by atoms with E-state index < -0.39 is 0 Å².